The number of hydrogen-bond donors (Lipinski definition) is 1. The summed E-state index contributed by atoms with van der Waals surface area (Å²) >= 11 is 4.45. The van der Waals surface area contributed by atoms with E-state index in [1.165, 1.54) is 23.1 Å². The van der Waals surface area contributed by atoms with E-state index in [9.17, 15) is 13.2 Å². The van der Waals surface area contributed by atoms with Crippen molar-refractivity contribution in [3.8, 4) is 0 Å². The summed E-state index contributed by atoms with van der Waals surface area (Å²) < 4.78 is 24.4. The Hall–Kier alpha value is -0.320. The van der Waals surface area contributed by atoms with Crippen molar-refractivity contribution in [3.63, 3.8) is 0 Å². The van der Waals surface area contributed by atoms with Gasteiger partial charge in [0.15, 0.2) is 18.5 Å². The van der Waals surface area contributed by atoms with E-state index in [1.807, 2.05) is 6.92 Å². The highest BCUT2D eigenvalue weighted by Crippen LogP contribution is 2.31. The molecule has 10 heteroatoms. The Morgan fingerprint density at radius 1 is 1.48 bits per heavy atom. The van der Waals surface area contributed by atoms with Crippen LogP contribution in [-0.2, 0) is 14.6 Å². The Balaban J connectivity index is 1.84. The molecule has 2 heterocycles. The van der Waals surface area contributed by atoms with Crippen LogP contribution >= 0.6 is 34.9 Å². The normalized spacial score (nSPS) is 22.1. The van der Waals surface area contributed by atoms with Gasteiger partial charge in [-0.3, -0.25) is 4.79 Å². The molecule has 0 spiro atoms. The molecule has 118 valence electrons. The van der Waals surface area contributed by atoms with Gasteiger partial charge < -0.3 is 5.32 Å². The lowest BCUT2D eigenvalue weighted by molar-refractivity contribution is -0.120. The van der Waals surface area contributed by atoms with Crippen molar-refractivity contribution < 1.29 is 13.2 Å². The van der Waals surface area contributed by atoms with Crippen molar-refractivity contribution in [3.05, 3.63) is 0 Å². The highest BCUT2D eigenvalue weighted by Gasteiger charge is 2.30. The summed E-state index contributed by atoms with van der Waals surface area (Å²) in [6.07, 6.45) is 0.502. The van der Waals surface area contributed by atoms with E-state index < -0.39 is 9.84 Å². The van der Waals surface area contributed by atoms with Gasteiger partial charge >= 0.3 is 0 Å². The summed E-state index contributed by atoms with van der Waals surface area (Å²) in [5.74, 6) is 0.993. The third-order valence-electron chi connectivity index (χ3n) is 2.88. The summed E-state index contributed by atoms with van der Waals surface area (Å²) in [7, 11) is -2.97. The number of amides is 1. The van der Waals surface area contributed by atoms with Crippen LogP contribution in [0.5, 0.6) is 0 Å². The first-order chi connectivity index (χ1) is 9.89. The first-order valence-electron chi connectivity index (χ1n) is 6.53. The number of aromatic nitrogens is 2. The Bertz CT molecular complexity index is 602. The third kappa shape index (κ3) is 5.11. The molecule has 1 aromatic rings. The van der Waals surface area contributed by atoms with Crippen LogP contribution in [0, 0.1) is 0 Å². The third-order valence-corrected chi connectivity index (χ3v) is 7.77. The van der Waals surface area contributed by atoms with Gasteiger partial charge in [-0.2, -0.15) is 0 Å². The van der Waals surface area contributed by atoms with Crippen molar-refractivity contribution in [2.24, 2.45) is 0 Å². The standard InChI is InChI=1S/C11H17N3O3S4/c1-3-18-10-13-14-11(20-10)19-7(2)9(15)12-8-4-5-21(16,17)6-8/h7-8H,3-6H2,1-2H3,(H,12,15)/t7-,8-/m1/s1. The van der Waals surface area contributed by atoms with E-state index in [2.05, 4.69) is 15.5 Å². The molecule has 0 aliphatic carbocycles. The average molecular weight is 368 g/mol. The highest BCUT2D eigenvalue weighted by atomic mass is 32.2. The maximum Gasteiger partial charge on any atom is 0.233 e. The lowest BCUT2D eigenvalue weighted by Crippen LogP contribution is -2.39. The Morgan fingerprint density at radius 2 is 2.19 bits per heavy atom. The van der Waals surface area contributed by atoms with Gasteiger partial charge in [0.2, 0.25) is 5.91 Å². The molecule has 0 radical (unpaired) electrons. The molecule has 0 unspecified atom stereocenters. The van der Waals surface area contributed by atoms with Gasteiger partial charge in [-0.05, 0) is 19.1 Å². The average Bonchev–Trinajstić information content (AvgIpc) is 2.96. The number of nitrogens with one attached hydrogen (secondary N) is 1. The SMILES string of the molecule is CCSc1nnc(S[C@H](C)C(=O)N[C@@H]2CCS(=O)(=O)C2)s1. The molecular weight excluding hydrogens is 350 g/mol. The second kappa shape index (κ2) is 7.30. The first-order valence-corrected chi connectivity index (χ1v) is 11.0. The molecule has 1 aromatic heterocycles. The monoisotopic (exact) mass is 367 g/mol. The zero-order valence-corrected chi connectivity index (χ0v) is 15.0. The molecule has 0 saturated carbocycles. The number of carbonyl (C=O) groups is 1. The molecule has 1 fully saturated rings. The maximum atomic E-state index is 12.1. The summed E-state index contributed by atoms with van der Waals surface area (Å²) in [5, 5.41) is 10.6. The number of thioether (sulfide) groups is 2. The van der Waals surface area contributed by atoms with Crippen LogP contribution in [0.3, 0.4) is 0 Å². The summed E-state index contributed by atoms with van der Waals surface area (Å²) in [4.78, 5) is 12.1. The molecular formula is C11H17N3O3S4. The fourth-order valence-electron chi connectivity index (χ4n) is 1.86. The minimum absolute atomic E-state index is 0.0478. The van der Waals surface area contributed by atoms with Crippen molar-refractivity contribution in [2.75, 3.05) is 17.3 Å². The highest BCUT2D eigenvalue weighted by molar-refractivity contribution is 8.03. The second-order valence-corrected chi connectivity index (χ2v) is 10.9. The van der Waals surface area contributed by atoms with Crippen molar-refractivity contribution in [1.82, 2.24) is 15.5 Å². The van der Waals surface area contributed by atoms with E-state index in [-0.39, 0.29) is 28.7 Å². The van der Waals surface area contributed by atoms with Gasteiger partial charge in [-0.1, -0.05) is 41.8 Å². The van der Waals surface area contributed by atoms with Crippen molar-refractivity contribution in [1.29, 1.82) is 0 Å². The number of hydrogen-bond acceptors (Lipinski definition) is 8. The van der Waals surface area contributed by atoms with Gasteiger partial charge in [0.1, 0.15) is 0 Å². The maximum absolute atomic E-state index is 12.1. The van der Waals surface area contributed by atoms with Gasteiger partial charge in [-0.15, -0.1) is 10.2 Å². The first kappa shape index (κ1) is 17.0. The molecule has 2 atom stereocenters. The molecule has 1 N–H and O–H groups in total. The van der Waals surface area contributed by atoms with Crippen LogP contribution in [0.1, 0.15) is 20.3 Å². The van der Waals surface area contributed by atoms with Crippen LogP contribution in [0.2, 0.25) is 0 Å². The largest absolute Gasteiger partial charge is 0.351 e. The van der Waals surface area contributed by atoms with Crippen LogP contribution in [-0.4, -0.2) is 53.1 Å². The van der Waals surface area contributed by atoms with Gasteiger partial charge in [0.25, 0.3) is 0 Å². The van der Waals surface area contributed by atoms with Crippen LogP contribution in [0.25, 0.3) is 0 Å². The predicted molar refractivity (Wildman–Crippen MR) is 86.8 cm³/mol. The van der Waals surface area contributed by atoms with Gasteiger partial charge in [0, 0.05) is 6.04 Å². The van der Waals surface area contributed by atoms with Crippen LogP contribution in [0.4, 0.5) is 0 Å². The number of rotatable bonds is 6. The zero-order chi connectivity index (χ0) is 15.5. The Kier molecular flexibility index (Phi) is 5.92. The summed E-state index contributed by atoms with van der Waals surface area (Å²) in [6, 6.07) is -0.258. The van der Waals surface area contributed by atoms with E-state index in [4.69, 9.17) is 0 Å². The number of nitrogens with zero attached hydrogens (tertiary/aromatic N) is 2. The van der Waals surface area contributed by atoms with E-state index in [0.717, 1.165) is 14.4 Å². The Labute approximate surface area is 136 Å². The van der Waals surface area contributed by atoms with E-state index in [0.29, 0.717) is 6.42 Å². The smallest absolute Gasteiger partial charge is 0.233 e. The minimum Gasteiger partial charge on any atom is -0.351 e. The molecule has 1 amide bonds. The topological polar surface area (TPSA) is 89.0 Å². The van der Waals surface area contributed by atoms with Crippen molar-refractivity contribution in [2.45, 2.75) is 40.2 Å². The lowest BCUT2D eigenvalue weighted by Gasteiger charge is -2.14. The molecule has 0 bridgehead atoms. The molecule has 2 rings (SSSR count). The number of carbonyl (C=O) groups excluding carboxylic acids is 1. The summed E-state index contributed by atoms with van der Waals surface area (Å²) in [5.41, 5.74) is 0. The quantitative estimate of drug-likeness (QED) is 0.761. The number of sulfone groups is 1. The van der Waals surface area contributed by atoms with Crippen LogP contribution in [0.15, 0.2) is 8.68 Å². The van der Waals surface area contributed by atoms with E-state index >= 15 is 0 Å². The van der Waals surface area contributed by atoms with Crippen molar-refractivity contribution >= 4 is 50.6 Å². The molecule has 21 heavy (non-hydrogen) atoms. The zero-order valence-electron chi connectivity index (χ0n) is 11.7. The lowest BCUT2D eigenvalue weighted by atomic mass is 10.2. The van der Waals surface area contributed by atoms with Gasteiger partial charge in [-0.25, -0.2) is 8.42 Å². The molecule has 0 aromatic carbocycles. The second-order valence-electron chi connectivity index (χ2n) is 4.64. The van der Waals surface area contributed by atoms with Crippen LogP contribution < -0.4 is 5.32 Å². The minimum atomic E-state index is -2.97. The fourth-order valence-corrected chi connectivity index (χ4v) is 6.60. The fraction of sp³-hybridized carbons (Fsp3) is 0.727. The predicted octanol–water partition coefficient (Wildman–Crippen LogP) is 1.43. The summed E-state index contributed by atoms with van der Waals surface area (Å²) in [6.45, 7) is 3.84. The molecule has 1 aliphatic heterocycles. The molecule has 1 aliphatic rings. The Morgan fingerprint density at radius 3 is 2.81 bits per heavy atom. The van der Waals surface area contributed by atoms with E-state index in [1.54, 1.807) is 18.7 Å². The van der Waals surface area contributed by atoms with Gasteiger partial charge in [0.05, 0.1) is 16.8 Å². The molecule has 6 nitrogen and oxygen atoms in total. The molecule has 1 saturated heterocycles.